The fraction of sp³-hybridized carbons (Fsp3) is 0.538. The molecular formula is C13H20N2O3. The Hall–Kier alpha value is -1.46. The maximum absolute atomic E-state index is 5.78. The summed E-state index contributed by atoms with van der Waals surface area (Å²) in [6, 6.07) is 4.21. The molecule has 1 aliphatic rings. The number of methoxy groups -OCH3 is 3. The molecule has 100 valence electrons. The molecule has 1 heterocycles. The molecule has 1 aromatic rings. The lowest BCUT2D eigenvalue weighted by Gasteiger charge is -2.37. The average molecular weight is 252 g/mol. The van der Waals surface area contributed by atoms with E-state index in [0.29, 0.717) is 17.5 Å². The van der Waals surface area contributed by atoms with Crippen molar-refractivity contribution < 1.29 is 14.2 Å². The van der Waals surface area contributed by atoms with Crippen LogP contribution in [0.3, 0.4) is 0 Å². The van der Waals surface area contributed by atoms with Crippen LogP contribution in [0.5, 0.6) is 17.2 Å². The molecular weight excluding hydrogens is 232 g/mol. The maximum Gasteiger partial charge on any atom is 0.203 e. The Morgan fingerprint density at radius 1 is 1.11 bits per heavy atom. The summed E-state index contributed by atoms with van der Waals surface area (Å²) in [6.07, 6.45) is 0. The van der Waals surface area contributed by atoms with Gasteiger partial charge in [-0.15, -0.1) is 0 Å². The predicted octanol–water partition coefficient (Wildman–Crippen LogP) is 0.855. The van der Waals surface area contributed by atoms with E-state index < -0.39 is 0 Å². The smallest absolute Gasteiger partial charge is 0.203 e. The van der Waals surface area contributed by atoms with E-state index in [9.17, 15) is 0 Å². The first-order valence-electron chi connectivity index (χ1n) is 5.95. The van der Waals surface area contributed by atoms with E-state index in [0.717, 1.165) is 30.9 Å². The lowest BCUT2D eigenvalue weighted by molar-refractivity contribution is 0.140. The standard InChI is InChI=1S/C13H20N2O3/c1-16-11-5-4-9(6-15-7-10(14)8-15)12(17-2)13(11)18-3/h4-5,10H,6-8,14H2,1-3H3. The van der Waals surface area contributed by atoms with Gasteiger partial charge in [0.2, 0.25) is 5.75 Å². The summed E-state index contributed by atoms with van der Waals surface area (Å²) < 4.78 is 16.1. The van der Waals surface area contributed by atoms with Crippen LogP contribution in [0.15, 0.2) is 12.1 Å². The van der Waals surface area contributed by atoms with Crippen molar-refractivity contribution in [2.45, 2.75) is 12.6 Å². The van der Waals surface area contributed by atoms with E-state index in [2.05, 4.69) is 4.90 Å². The Labute approximate surface area is 107 Å². The molecule has 0 amide bonds. The lowest BCUT2D eigenvalue weighted by atomic mass is 10.1. The quantitative estimate of drug-likeness (QED) is 0.842. The van der Waals surface area contributed by atoms with Gasteiger partial charge in [0.25, 0.3) is 0 Å². The molecule has 18 heavy (non-hydrogen) atoms. The van der Waals surface area contributed by atoms with Gasteiger partial charge in [-0.2, -0.15) is 0 Å². The first-order chi connectivity index (χ1) is 8.69. The fourth-order valence-corrected chi connectivity index (χ4v) is 2.27. The Morgan fingerprint density at radius 3 is 2.28 bits per heavy atom. The third-order valence-electron chi connectivity index (χ3n) is 3.17. The van der Waals surface area contributed by atoms with Gasteiger partial charge >= 0.3 is 0 Å². The van der Waals surface area contributed by atoms with Gasteiger partial charge in [-0.1, -0.05) is 6.07 Å². The molecule has 1 aromatic carbocycles. The van der Waals surface area contributed by atoms with Gasteiger partial charge in [-0.05, 0) is 6.07 Å². The second kappa shape index (κ2) is 5.46. The number of nitrogens with zero attached hydrogens (tertiary/aromatic N) is 1. The average Bonchev–Trinajstić information content (AvgIpc) is 2.35. The summed E-state index contributed by atoms with van der Waals surface area (Å²) >= 11 is 0. The molecule has 0 aromatic heterocycles. The van der Waals surface area contributed by atoms with Crippen molar-refractivity contribution in [2.75, 3.05) is 34.4 Å². The van der Waals surface area contributed by atoms with Crippen LogP contribution in [-0.4, -0.2) is 45.4 Å². The van der Waals surface area contributed by atoms with Crippen LogP contribution in [-0.2, 0) is 6.54 Å². The summed E-state index contributed by atoms with van der Waals surface area (Å²) in [5.74, 6) is 2.05. The zero-order valence-corrected chi connectivity index (χ0v) is 11.1. The summed E-state index contributed by atoms with van der Waals surface area (Å²) in [4.78, 5) is 2.27. The van der Waals surface area contributed by atoms with Crippen LogP contribution >= 0.6 is 0 Å². The van der Waals surface area contributed by atoms with Gasteiger partial charge in [0.1, 0.15) is 0 Å². The molecule has 0 saturated carbocycles. The van der Waals surface area contributed by atoms with Crippen molar-refractivity contribution in [1.29, 1.82) is 0 Å². The molecule has 0 unspecified atom stereocenters. The Bertz CT molecular complexity index is 417. The fourth-order valence-electron chi connectivity index (χ4n) is 2.27. The second-order valence-corrected chi connectivity index (χ2v) is 4.45. The number of hydrogen-bond donors (Lipinski definition) is 1. The minimum atomic E-state index is 0.302. The van der Waals surface area contributed by atoms with E-state index in [1.165, 1.54) is 0 Å². The van der Waals surface area contributed by atoms with Gasteiger partial charge < -0.3 is 19.9 Å². The van der Waals surface area contributed by atoms with Crippen LogP contribution in [0, 0.1) is 0 Å². The normalized spacial score (nSPS) is 16.2. The van der Waals surface area contributed by atoms with Crippen molar-refractivity contribution in [3.63, 3.8) is 0 Å². The molecule has 0 atom stereocenters. The van der Waals surface area contributed by atoms with Crippen LogP contribution < -0.4 is 19.9 Å². The minimum Gasteiger partial charge on any atom is -0.493 e. The highest BCUT2D eigenvalue weighted by Crippen LogP contribution is 2.40. The van der Waals surface area contributed by atoms with Crippen LogP contribution in [0.1, 0.15) is 5.56 Å². The number of nitrogens with two attached hydrogens (primary N) is 1. The van der Waals surface area contributed by atoms with Gasteiger partial charge in [0, 0.05) is 31.2 Å². The van der Waals surface area contributed by atoms with Crippen LogP contribution in [0.2, 0.25) is 0 Å². The topological polar surface area (TPSA) is 57.0 Å². The molecule has 2 rings (SSSR count). The second-order valence-electron chi connectivity index (χ2n) is 4.45. The molecule has 2 N–H and O–H groups in total. The summed E-state index contributed by atoms with van der Waals surface area (Å²) in [6.45, 7) is 2.67. The highest BCUT2D eigenvalue weighted by atomic mass is 16.5. The molecule has 0 bridgehead atoms. The Morgan fingerprint density at radius 2 is 1.78 bits per heavy atom. The molecule has 0 aliphatic carbocycles. The third kappa shape index (κ3) is 2.37. The Balaban J connectivity index is 2.24. The third-order valence-corrected chi connectivity index (χ3v) is 3.17. The van der Waals surface area contributed by atoms with Crippen LogP contribution in [0.25, 0.3) is 0 Å². The molecule has 1 saturated heterocycles. The predicted molar refractivity (Wildman–Crippen MR) is 69.4 cm³/mol. The maximum atomic E-state index is 5.78. The molecule has 1 aliphatic heterocycles. The van der Waals surface area contributed by atoms with Gasteiger partial charge in [0.05, 0.1) is 21.3 Å². The molecule has 5 nitrogen and oxygen atoms in total. The van der Waals surface area contributed by atoms with Gasteiger partial charge in [0.15, 0.2) is 11.5 Å². The molecule has 0 spiro atoms. The highest BCUT2D eigenvalue weighted by molar-refractivity contribution is 5.55. The SMILES string of the molecule is COc1ccc(CN2CC(N)C2)c(OC)c1OC. The first kappa shape index (κ1) is 13.0. The van der Waals surface area contributed by atoms with Crippen molar-refractivity contribution in [3.05, 3.63) is 17.7 Å². The first-order valence-corrected chi connectivity index (χ1v) is 5.95. The van der Waals surface area contributed by atoms with E-state index in [-0.39, 0.29) is 0 Å². The van der Waals surface area contributed by atoms with E-state index in [1.54, 1.807) is 21.3 Å². The number of likely N-dealkylation sites (tertiary alicyclic amines) is 1. The van der Waals surface area contributed by atoms with E-state index in [1.807, 2.05) is 12.1 Å². The Kier molecular flexibility index (Phi) is 3.93. The zero-order valence-electron chi connectivity index (χ0n) is 11.1. The number of rotatable bonds is 5. The zero-order chi connectivity index (χ0) is 13.1. The van der Waals surface area contributed by atoms with Crippen molar-refractivity contribution >= 4 is 0 Å². The van der Waals surface area contributed by atoms with Gasteiger partial charge in [-0.25, -0.2) is 0 Å². The lowest BCUT2D eigenvalue weighted by Crippen LogP contribution is -2.54. The number of ether oxygens (including phenoxy) is 3. The highest BCUT2D eigenvalue weighted by Gasteiger charge is 2.25. The summed E-state index contributed by atoms with van der Waals surface area (Å²) in [5.41, 5.74) is 6.86. The summed E-state index contributed by atoms with van der Waals surface area (Å²) in [7, 11) is 4.87. The van der Waals surface area contributed by atoms with Crippen LogP contribution in [0.4, 0.5) is 0 Å². The molecule has 5 heteroatoms. The molecule has 1 fully saturated rings. The van der Waals surface area contributed by atoms with Gasteiger partial charge in [-0.3, -0.25) is 4.90 Å². The molecule has 0 radical (unpaired) electrons. The summed E-state index contributed by atoms with van der Waals surface area (Å²) in [5, 5.41) is 0. The van der Waals surface area contributed by atoms with E-state index in [4.69, 9.17) is 19.9 Å². The van der Waals surface area contributed by atoms with E-state index >= 15 is 0 Å². The number of hydrogen-bond acceptors (Lipinski definition) is 5. The van der Waals surface area contributed by atoms with Crippen molar-refractivity contribution in [2.24, 2.45) is 5.73 Å². The minimum absolute atomic E-state index is 0.302. The van der Waals surface area contributed by atoms with Crippen molar-refractivity contribution in [3.8, 4) is 17.2 Å². The number of benzene rings is 1. The van der Waals surface area contributed by atoms with Crippen molar-refractivity contribution in [1.82, 2.24) is 4.90 Å². The monoisotopic (exact) mass is 252 g/mol. The largest absolute Gasteiger partial charge is 0.493 e.